The number of aliphatic hydroxyl groups excluding tert-OH is 1. The van der Waals surface area contributed by atoms with Crippen molar-refractivity contribution >= 4 is 22.6 Å². The zero-order chi connectivity index (χ0) is 17.3. The second-order valence-electron chi connectivity index (χ2n) is 6.58. The summed E-state index contributed by atoms with van der Waals surface area (Å²) in [5.41, 5.74) is 1.46. The number of nitrogens with zero attached hydrogens (tertiary/aromatic N) is 1. The zero-order valence-corrected chi connectivity index (χ0v) is 13.9. The number of benzene rings is 1. The molecule has 1 atom stereocenters. The molecule has 1 aliphatic carbocycles. The molecule has 24 heavy (non-hydrogen) atoms. The fourth-order valence-corrected chi connectivity index (χ4v) is 2.95. The van der Waals surface area contributed by atoms with Crippen molar-refractivity contribution in [1.82, 2.24) is 4.90 Å². The number of rotatable bonds is 6. The third kappa shape index (κ3) is 4.01. The van der Waals surface area contributed by atoms with Gasteiger partial charge in [-0.15, -0.1) is 0 Å². The van der Waals surface area contributed by atoms with Crippen molar-refractivity contribution in [3.05, 3.63) is 40.2 Å². The summed E-state index contributed by atoms with van der Waals surface area (Å²) in [7, 11) is 1.93. The van der Waals surface area contributed by atoms with Crippen LogP contribution in [0.15, 0.2) is 33.5 Å². The van der Waals surface area contributed by atoms with Crippen molar-refractivity contribution in [2.75, 3.05) is 18.9 Å². The van der Waals surface area contributed by atoms with Crippen molar-refractivity contribution in [3.63, 3.8) is 0 Å². The van der Waals surface area contributed by atoms with Crippen LogP contribution in [0.4, 0.5) is 5.69 Å². The number of anilines is 1. The van der Waals surface area contributed by atoms with Gasteiger partial charge in [-0.25, -0.2) is 4.79 Å². The van der Waals surface area contributed by atoms with Crippen LogP contribution in [0.5, 0.6) is 0 Å². The van der Waals surface area contributed by atoms with E-state index in [9.17, 15) is 14.7 Å². The fourth-order valence-electron chi connectivity index (χ4n) is 2.95. The van der Waals surface area contributed by atoms with Gasteiger partial charge in [0.1, 0.15) is 5.58 Å². The molecule has 0 bridgehead atoms. The quantitative estimate of drug-likeness (QED) is 0.791. The van der Waals surface area contributed by atoms with Gasteiger partial charge in [-0.3, -0.25) is 9.69 Å². The van der Waals surface area contributed by atoms with E-state index in [4.69, 9.17) is 4.42 Å². The molecule has 6 heteroatoms. The highest BCUT2D eigenvalue weighted by Crippen LogP contribution is 2.33. The molecule has 1 aromatic heterocycles. The van der Waals surface area contributed by atoms with Gasteiger partial charge in [-0.05, 0) is 43.5 Å². The van der Waals surface area contributed by atoms with E-state index in [0.29, 0.717) is 30.3 Å². The van der Waals surface area contributed by atoms with Gasteiger partial charge in [0.15, 0.2) is 0 Å². The topological polar surface area (TPSA) is 82.8 Å². The third-order valence-corrected chi connectivity index (χ3v) is 4.26. The van der Waals surface area contributed by atoms with E-state index in [-0.39, 0.29) is 12.0 Å². The fraction of sp³-hybridized carbons (Fsp3) is 0.444. The Balaban J connectivity index is 1.83. The summed E-state index contributed by atoms with van der Waals surface area (Å²) in [6.07, 6.45) is 1.88. The maximum Gasteiger partial charge on any atom is 0.336 e. The van der Waals surface area contributed by atoms with Crippen LogP contribution in [-0.2, 0) is 11.3 Å². The Morgan fingerprint density at radius 2 is 2.17 bits per heavy atom. The summed E-state index contributed by atoms with van der Waals surface area (Å²) in [5, 5.41) is 13.6. The van der Waals surface area contributed by atoms with E-state index >= 15 is 0 Å². The first kappa shape index (κ1) is 16.7. The average molecular weight is 330 g/mol. The lowest BCUT2D eigenvalue weighted by atomic mass is 10.1. The van der Waals surface area contributed by atoms with E-state index < -0.39 is 5.63 Å². The molecule has 1 unspecified atom stereocenters. The molecule has 0 spiro atoms. The Morgan fingerprint density at radius 1 is 1.42 bits per heavy atom. The Bertz CT molecular complexity index is 810. The molecule has 1 heterocycles. The monoisotopic (exact) mass is 330 g/mol. The van der Waals surface area contributed by atoms with Gasteiger partial charge in [0.25, 0.3) is 0 Å². The van der Waals surface area contributed by atoms with Crippen molar-refractivity contribution in [1.29, 1.82) is 0 Å². The number of amides is 1. The molecule has 128 valence electrons. The van der Waals surface area contributed by atoms with Gasteiger partial charge < -0.3 is 14.8 Å². The maximum absolute atomic E-state index is 11.8. The smallest absolute Gasteiger partial charge is 0.336 e. The van der Waals surface area contributed by atoms with Gasteiger partial charge in [0, 0.05) is 43.2 Å². The van der Waals surface area contributed by atoms with Gasteiger partial charge in [0.05, 0.1) is 6.10 Å². The highest BCUT2D eigenvalue weighted by Gasteiger charge is 2.30. The van der Waals surface area contributed by atoms with E-state index in [1.165, 1.54) is 13.0 Å². The standard InChI is InChI=1S/C18H22N2O4/c1-11(21)19-14-5-6-15-13(7-18(23)24-17(15)8-14)9-20(2)10-16(22)12-3-4-12/h5-8,12,16,22H,3-4,9-10H2,1-2H3,(H,19,21). The molecular weight excluding hydrogens is 308 g/mol. The first-order valence-electron chi connectivity index (χ1n) is 8.13. The van der Waals surface area contributed by atoms with Crippen molar-refractivity contribution < 1.29 is 14.3 Å². The Kier molecular flexibility index (Phi) is 4.69. The maximum atomic E-state index is 11.8. The van der Waals surface area contributed by atoms with E-state index in [2.05, 4.69) is 5.32 Å². The summed E-state index contributed by atoms with van der Waals surface area (Å²) in [5.74, 6) is 0.242. The van der Waals surface area contributed by atoms with Crippen molar-refractivity contribution in [3.8, 4) is 0 Å². The second-order valence-corrected chi connectivity index (χ2v) is 6.58. The summed E-state index contributed by atoms with van der Waals surface area (Å²) in [6, 6.07) is 6.76. The molecule has 0 radical (unpaired) electrons. The van der Waals surface area contributed by atoms with Crippen LogP contribution in [0.3, 0.4) is 0 Å². The number of fused-ring (bicyclic) bond motifs is 1. The number of nitrogens with one attached hydrogen (secondary N) is 1. The number of hydrogen-bond acceptors (Lipinski definition) is 5. The number of carbonyl (C=O) groups is 1. The molecule has 1 saturated carbocycles. The first-order chi connectivity index (χ1) is 11.4. The molecular formula is C18H22N2O4. The Labute approximate surface area is 140 Å². The average Bonchev–Trinajstić information content (AvgIpc) is 3.30. The van der Waals surface area contributed by atoms with E-state index in [1.807, 2.05) is 18.0 Å². The number of aliphatic hydroxyl groups is 1. The largest absolute Gasteiger partial charge is 0.423 e. The van der Waals surface area contributed by atoms with Crippen molar-refractivity contribution in [2.45, 2.75) is 32.4 Å². The molecule has 1 fully saturated rings. The Hall–Kier alpha value is -2.18. The lowest BCUT2D eigenvalue weighted by molar-refractivity contribution is -0.114. The normalized spacial score (nSPS) is 15.7. The highest BCUT2D eigenvalue weighted by atomic mass is 16.4. The minimum Gasteiger partial charge on any atom is -0.423 e. The molecule has 2 N–H and O–H groups in total. The van der Waals surface area contributed by atoms with Gasteiger partial charge in [0.2, 0.25) is 5.91 Å². The Morgan fingerprint density at radius 3 is 2.83 bits per heavy atom. The number of likely N-dealkylation sites (N-methyl/N-ethyl adjacent to an activating group) is 1. The van der Waals surface area contributed by atoms with Crippen LogP contribution in [-0.4, -0.2) is 35.6 Å². The van der Waals surface area contributed by atoms with Crippen LogP contribution < -0.4 is 10.9 Å². The van der Waals surface area contributed by atoms with E-state index in [0.717, 1.165) is 23.8 Å². The summed E-state index contributed by atoms with van der Waals surface area (Å²) < 4.78 is 5.26. The second kappa shape index (κ2) is 6.75. The van der Waals surface area contributed by atoms with Crippen LogP contribution in [0.25, 0.3) is 11.0 Å². The van der Waals surface area contributed by atoms with Gasteiger partial charge >= 0.3 is 5.63 Å². The van der Waals surface area contributed by atoms with Crippen molar-refractivity contribution in [2.24, 2.45) is 5.92 Å². The molecule has 2 aromatic rings. The highest BCUT2D eigenvalue weighted by molar-refractivity contribution is 5.92. The summed E-state index contributed by atoms with van der Waals surface area (Å²) in [6.45, 7) is 2.55. The zero-order valence-electron chi connectivity index (χ0n) is 13.9. The SMILES string of the molecule is CC(=O)Nc1ccc2c(CN(C)CC(O)C3CC3)cc(=O)oc2c1. The third-order valence-electron chi connectivity index (χ3n) is 4.26. The summed E-state index contributed by atoms with van der Waals surface area (Å²) in [4.78, 5) is 25.0. The van der Waals surface area contributed by atoms with Crippen LogP contribution in [0.2, 0.25) is 0 Å². The van der Waals surface area contributed by atoms with Gasteiger partial charge in [-0.2, -0.15) is 0 Å². The number of hydrogen-bond donors (Lipinski definition) is 2. The molecule has 1 amide bonds. The minimum absolute atomic E-state index is 0.179. The van der Waals surface area contributed by atoms with Gasteiger partial charge in [-0.1, -0.05) is 0 Å². The van der Waals surface area contributed by atoms with E-state index in [1.54, 1.807) is 12.1 Å². The lowest BCUT2D eigenvalue weighted by Gasteiger charge is -2.21. The number of carbonyl (C=O) groups excluding carboxylic acids is 1. The van der Waals surface area contributed by atoms with Crippen LogP contribution in [0, 0.1) is 5.92 Å². The molecule has 1 aromatic carbocycles. The molecule has 6 nitrogen and oxygen atoms in total. The lowest BCUT2D eigenvalue weighted by Crippen LogP contribution is -2.30. The van der Waals surface area contributed by atoms with Crippen LogP contribution in [0.1, 0.15) is 25.3 Å². The molecule has 1 aliphatic rings. The molecule has 0 aliphatic heterocycles. The predicted molar refractivity (Wildman–Crippen MR) is 91.9 cm³/mol. The van der Waals surface area contributed by atoms with Crippen LogP contribution >= 0.6 is 0 Å². The molecule has 3 rings (SSSR count). The minimum atomic E-state index is -0.423. The predicted octanol–water partition coefficient (Wildman–Crippen LogP) is 1.95. The first-order valence-corrected chi connectivity index (χ1v) is 8.13. The molecule has 0 saturated heterocycles. The summed E-state index contributed by atoms with van der Waals surface area (Å²) >= 11 is 0.